The molecule has 1 aliphatic carbocycles. The number of allylic oxidation sites excluding steroid dienone is 2. The zero-order chi connectivity index (χ0) is 35.9. The minimum atomic E-state index is -5.08. The quantitative estimate of drug-likeness (QED) is 0.188. The number of nitrogens with zero attached hydrogens (tertiary/aromatic N) is 3. The third-order valence-electron chi connectivity index (χ3n) is 7.01. The van der Waals surface area contributed by atoms with Gasteiger partial charge in [-0.2, -0.15) is 26.3 Å². The highest BCUT2D eigenvalue weighted by molar-refractivity contribution is 7.12. The fourth-order valence-corrected chi connectivity index (χ4v) is 5.82. The van der Waals surface area contributed by atoms with Crippen LogP contribution in [0.2, 0.25) is 0 Å². The van der Waals surface area contributed by atoms with Gasteiger partial charge >= 0.3 is 24.3 Å². The van der Waals surface area contributed by atoms with Gasteiger partial charge < -0.3 is 20.9 Å². The van der Waals surface area contributed by atoms with Crippen LogP contribution in [0.4, 0.5) is 32.2 Å². The van der Waals surface area contributed by atoms with Crippen molar-refractivity contribution in [2.45, 2.75) is 64.3 Å². The molecule has 0 radical (unpaired) electrons. The number of aromatic nitrogens is 2. The molecule has 1 aliphatic heterocycles. The molecule has 1 atom stereocenters. The second kappa shape index (κ2) is 15.6. The molecule has 5 rings (SSSR count). The molecule has 48 heavy (non-hydrogen) atoms. The topological polar surface area (TPSA) is 140 Å². The van der Waals surface area contributed by atoms with Crippen molar-refractivity contribution >= 4 is 40.6 Å². The number of carbonyl (C=O) groups is 2. The van der Waals surface area contributed by atoms with Gasteiger partial charge in [0.05, 0.1) is 34.3 Å². The van der Waals surface area contributed by atoms with E-state index in [1.165, 1.54) is 18.4 Å². The van der Waals surface area contributed by atoms with Gasteiger partial charge in [-0.15, -0.1) is 11.3 Å². The number of halogens is 6. The van der Waals surface area contributed by atoms with Crippen LogP contribution in [0.1, 0.15) is 77.0 Å². The van der Waals surface area contributed by atoms with Crippen molar-refractivity contribution in [3.8, 4) is 0 Å². The van der Waals surface area contributed by atoms with Crippen molar-refractivity contribution in [1.29, 1.82) is 0 Å². The van der Waals surface area contributed by atoms with Crippen molar-refractivity contribution in [1.82, 2.24) is 15.3 Å². The summed E-state index contributed by atoms with van der Waals surface area (Å²) >= 11 is 1.44. The number of nitrogens with two attached hydrogens (primary N) is 1. The number of carboxylic acid groups (broad SMARTS) is 1. The Labute approximate surface area is 276 Å². The predicted octanol–water partition coefficient (Wildman–Crippen LogP) is 7.55. The summed E-state index contributed by atoms with van der Waals surface area (Å²) in [6.45, 7) is 5.94. The molecular formula is C32H33F6N5O4S. The highest BCUT2D eigenvalue weighted by Gasteiger charge is 2.39. The van der Waals surface area contributed by atoms with Crippen molar-refractivity contribution < 1.29 is 45.8 Å². The van der Waals surface area contributed by atoms with Gasteiger partial charge in [0.15, 0.2) is 5.82 Å². The number of alkyl halides is 6. The van der Waals surface area contributed by atoms with Crippen LogP contribution in [0.5, 0.6) is 0 Å². The summed E-state index contributed by atoms with van der Waals surface area (Å²) in [5.41, 5.74) is 9.46. The number of pyridine rings is 1. The highest BCUT2D eigenvalue weighted by atomic mass is 32.1. The number of nitrogens with one attached hydrogen (secondary N) is 1. The van der Waals surface area contributed by atoms with Gasteiger partial charge in [0, 0.05) is 18.8 Å². The Morgan fingerprint density at radius 2 is 1.79 bits per heavy atom. The van der Waals surface area contributed by atoms with E-state index < -0.39 is 35.4 Å². The van der Waals surface area contributed by atoms with Crippen LogP contribution in [0.25, 0.3) is 5.70 Å². The van der Waals surface area contributed by atoms with Gasteiger partial charge in [0.1, 0.15) is 10.8 Å². The first kappa shape index (κ1) is 37.9. The van der Waals surface area contributed by atoms with E-state index >= 15 is 0 Å². The van der Waals surface area contributed by atoms with E-state index in [0.717, 1.165) is 63.5 Å². The zero-order valence-electron chi connectivity index (χ0n) is 26.3. The molecule has 16 heteroatoms. The molecule has 3 heterocycles. The standard InChI is InChI=1S/C28H26F3N5O2S.C2HF3O2.C2H6/c1-16-5-8-23(36-24-14-19(9-11-33-24)28(29,30)31)35-21(12-16)22-15-34-26(39-22)27(32)10-3-4-17-13-18(25(37)38-2)6-7-20(17)27;3-2(4,5)1(6)7;1-2/h5-7,9,11-15H,3-4,8,10,32H2,1-2H3,(H,33,35,36);(H,6,7);1-2H3. The van der Waals surface area contributed by atoms with Gasteiger partial charge in [-0.3, -0.25) is 0 Å². The molecule has 258 valence electrons. The highest BCUT2D eigenvalue weighted by Crippen LogP contribution is 2.41. The van der Waals surface area contributed by atoms with Crippen LogP contribution in [0.3, 0.4) is 0 Å². The summed E-state index contributed by atoms with van der Waals surface area (Å²) < 4.78 is 76.0. The summed E-state index contributed by atoms with van der Waals surface area (Å²) in [7, 11) is 1.35. The maximum absolute atomic E-state index is 13.2. The number of hydrogen-bond donors (Lipinski definition) is 3. The molecule has 0 amide bonds. The average Bonchev–Trinajstić information content (AvgIpc) is 3.47. The number of esters is 1. The predicted molar refractivity (Wildman–Crippen MR) is 169 cm³/mol. The van der Waals surface area contributed by atoms with Crippen molar-refractivity contribution in [2.24, 2.45) is 10.7 Å². The molecule has 2 aromatic heterocycles. The number of ether oxygens (including phenoxy) is 1. The Balaban J connectivity index is 0.000000618. The second-order valence-corrected chi connectivity index (χ2v) is 11.3. The fraction of sp³-hybridized carbons (Fsp3) is 0.344. The number of benzene rings is 1. The van der Waals surface area contributed by atoms with Crippen molar-refractivity contribution in [2.75, 3.05) is 7.11 Å². The number of aryl methyl sites for hydroxylation is 1. The first-order valence-electron chi connectivity index (χ1n) is 14.5. The maximum Gasteiger partial charge on any atom is 0.490 e. The van der Waals surface area contributed by atoms with E-state index in [2.05, 4.69) is 20.3 Å². The Bertz CT molecular complexity index is 1730. The van der Waals surface area contributed by atoms with Gasteiger partial charge in [-0.1, -0.05) is 31.6 Å². The molecule has 0 fully saturated rings. The van der Waals surface area contributed by atoms with Crippen molar-refractivity contribution in [3.63, 3.8) is 0 Å². The van der Waals surface area contributed by atoms with Crippen LogP contribution in [0.15, 0.2) is 65.4 Å². The average molecular weight is 698 g/mol. The van der Waals surface area contributed by atoms with Gasteiger partial charge in [0.2, 0.25) is 0 Å². The Morgan fingerprint density at radius 1 is 1.10 bits per heavy atom. The van der Waals surface area contributed by atoms with Crippen LogP contribution >= 0.6 is 11.3 Å². The van der Waals surface area contributed by atoms with E-state index in [9.17, 15) is 31.1 Å². The number of thiazole rings is 1. The number of methoxy groups -OCH3 is 1. The summed E-state index contributed by atoms with van der Waals surface area (Å²) in [4.78, 5) is 34.8. The Morgan fingerprint density at radius 3 is 2.42 bits per heavy atom. The van der Waals surface area contributed by atoms with Gasteiger partial charge in [-0.05, 0) is 67.7 Å². The maximum atomic E-state index is 13.2. The van der Waals surface area contributed by atoms with E-state index in [4.69, 9.17) is 20.4 Å². The second-order valence-electron chi connectivity index (χ2n) is 10.3. The summed E-state index contributed by atoms with van der Waals surface area (Å²) in [5.74, 6) is -2.72. The number of aliphatic carboxylic acids is 1. The molecule has 0 bridgehead atoms. The van der Waals surface area contributed by atoms with Crippen LogP contribution in [-0.4, -0.2) is 46.1 Å². The van der Waals surface area contributed by atoms with E-state index in [1.54, 1.807) is 12.3 Å². The number of hydrogen-bond acceptors (Lipinski definition) is 8. The molecule has 2 aliphatic rings. The lowest BCUT2D eigenvalue weighted by Gasteiger charge is -2.34. The number of amidine groups is 1. The third kappa shape index (κ3) is 9.28. The lowest BCUT2D eigenvalue weighted by atomic mass is 9.77. The first-order chi connectivity index (χ1) is 22.5. The minimum absolute atomic E-state index is 0.0318. The van der Waals surface area contributed by atoms with Crippen LogP contribution < -0.4 is 11.1 Å². The first-order valence-corrected chi connectivity index (χ1v) is 15.4. The number of aliphatic imine (C=N–C) groups is 1. The molecule has 0 saturated carbocycles. The van der Waals surface area contributed by atoms with Gasteiger partial charge in [-0.25, -0.2) is 24.5 Å². The molecule has 0 spiro atoms. The summed E-state index contributed by atoms with van der Waals surface area (Å²) in [6, 6.07) is 7.28. The van der Waals surface area contributed by atoms with Crippen LogP contribution in [0, 0.1) is 0 Å². The van der Waals surface area contributed by atoms with Crippen molar-refractivity contribution in [3.05, 3.63) is 92.6 Å². The zero-order valence-corrected chi connectivity index (χ0v) is 27.1. The molecule has 3 aromatic rings. The molecular weight excluding hydrogens is 664 g/mol. The van der Waals surface area contributed by atoms with Gasteiger partial charge in [0.25, 0.3) is 0 Å². The minimum Gasteiger partial charge on any atom is -0.475 e. The normalized spacial score (nSPS) is 18.4. The number of fused-ring (bicyclic) bond motifs is 1. The largest absolute Gasteiger partial charge is 0.490 e. The lowest BCUT2D eigenvalue weighted by molar-refractivity contribution is -0.192. The monoisotopic (exact) mass is 697 g/mol. The van der Waals surface area contributed by atoms with E-state index in [1.807, 2.05) is 45.1 Å². The molecule has 1 unspecified atom stereocenters. The Kier molecular flexibility index (Phi) is 12.3. The smallest absolute Gasteiger partial charge is 0.475 e. The fourth-order valence-electron chi connectivity index (χ4n) is 4.79. The van der Waals surface area contributed by atoms with E-state index in [-0.39, 0.29) is 5.82 Å². The molecule has 9 nitrogen and oxygen atoms in total. The Hall–Kier alpha value is -4.57. The van der Waals surface area contributed by atoms with E-state index in [0.29, 0.717) is 24.2 Å². The molecule has 0 saturated heterocycles. The summed E-state index contributed by atoms with van der Waals surface area (Å²) in [6.07, 6.45) is -0.103. The molecule has 4 N–H and O–H groups in total. The number of carboxylic acids is 1. The SMILES string of the molecule is CC.COC(=O)c1ccc2c(c1)CCCC2(N)c1ncc(C2=CC(C)=CCC(=Nc3cc(C(F)(F)F)ccn3)N2)s1.O=C(O)C(F)(F)F. The number of carbonyl (C=O) groups excluding carboxylic acids is 1. The number of rotatable bonds is 4. The summed E-state index contributed by atoms with van der Waals surface area (Å²) in [5, 5.41) is 11.1. The van der Waals surface area contributed by atoms with Crippen LogP contribution in [-0.2, 0) is 27.7 Å². The third-order valence-corrected chi connectivity index (χ3v) is 8.22. The lowest BCUT2D eigenvalue weighted by Crippen LogP contribution is -2.41. The molecule has 1 aromatic carbocycles.